The van der Waals surface area contributed by atoms with Crippen LogP contribution in [-0.2, 0) is 9.53 Å². The number of carbonyl (C=O) groups excluding carboxylic acids is 1. The zero-order chi connectivity index (χ0) is 8.69. The van der Waals surface area contributed by atoms with Crippen LogP contribution in [-0.4, -0.2) is 32.2 Å². The number of carbonyl (C=O) groups is 1. The van der Waals surface area contributed by atoms with Gasteiger partial charge in [0.2, 0.25) is 0 Å². The highest BCUT2D eigenvalue weighted by Crippen LogP contribution is 1.83. The van der Waals surface area contributed by atoms with Crippen LogP contribution in [0.3, 0.4) is 0 Å². The smallest absolute Gasteiger partial charge is 0.306 e. The fourth-order valence-electron chi connectivity index (χ4n) is 0.606. The van der Waals surface area contributed by atoms with E-state index in [9.17, 15) is 4.79 Å². The van der Waals surface area contributed by atoms with E-state index in [1.54, 1.807) is 0 Å². The number of methoxy groups -OCH3 is 1. The summed E-state index contributed by atoms with van der Waals surface area (Å²) in [7, 11) is 1.38. The van der Waals surface area contributed by atoms with Gasteiger partial charge in [0.25, 0.3) is 0 Å². The number of hydrogen-bond acceptors (Lipinski definition) is 4. The van der Waals surface area contributed by atoms with Gasteiger partial charge in [0.15, 0.2) is 0 Å². The fraction of sp³-hybridized carbons (Fsp3) is 0.857. The lowest BCUT2D eigenvalue weighted by Gasteiger charge is -2.09. The molecule has 0 rings (SSSR count). The normalized spacial score (nSPS) is 12.6. The Balaban J connectivity index is 3.20. The van der Waals surface area contributed by atoms with Crippen molar-refractivity contribution in [1.29, 1.82) is 0 Å². The molecule has 66 valence electrons. The molecule has 11 heavy (non-hydrogen) atoms. The third kappa shape index (κ3) is 5.82. The van der Waals surface area contributed by atoms with E-state index in [0.29, 0.717) is 19.5 Å². The van der Waals surface area contributed by atoms with Crippen LogP contribution in [0, 0.1) is 0 Å². The highest BCUT2D eigenvalue weighted by Gasteiger charge is 2.01. The molecule has 0 spiro atoms. The lowest BCUT2D eigenvalue weighted by molar-refractivity contribution is -0.140. The van der Waals surface area contributed by atoms with E-state index in [2.05, 4.69) is 10.1 Å². The first-order valence-electron chi connectivity index (χ1n) is 3.71. The summed E-state index contributed by atoms with van der Waals surface area (Å²) in [6.45, 7) is 3.18. The van der Waals surface area contributed by atoms with Crippen molar-refractivity contribution in [2.45, 2.75) is 19.4 Å². The van der Waals surface area contributed by atoms with Gasteiger partial charge in [-0.05, 0) is 6.92 Å². The Morgan fingerprint density at radius 3 is 2.82 bits per heavy atom. The maximum atomic E-state index is 10.6. The largest absolute Gasteiger partial charge is 0.469 e. The fourth-order valence-corrected chi connectivity index (χ4v) is 0.606. The van der Waals surface area contributed by atoms with Gasteiger partial charge in [-0.15, -0.1) is 0 Å². The van der Waals surface area contributed by atoms with Crippen molar-refractivity contribution >= 4 is 5.97 Å². The summed E-state index contributed by atoms with van der Waals surface area (Å²) in [4.78, 5) is 10.6. The third-order valence-corrected chi connectivity index (χ3v) is 1.40. The van der Waals surface area contributed by atoms with Crippen LogP contribution in [0.5, 0.6) is 0 Å². The average Bonchev–Trinajstić information content (AvgIpc) is 2.04. The lowest BCUT2D eigenvalue weighted by atomic mass is 10.3. The standard InChI is InChI=1S/C7H16N2O2/c1-6(5-8)9-4-3-7(10)11-2/h6,9H,3-5,8H2,1-2H3. The minimum Gasteiger partial charge on any atom is -0.469 e. The molecule has 1 atom stereocenters. The summed E-state index contributed by atoms with van der Waals surface area (Å²) in [5.41, 5.74) is 5.34. The SMILES string of the molecule is COC(=O)CCNC(C)CN. The summed E-state index contributed by atoms with van der Waals surface area (Å²) in [5.74, 6) is -0.193. The van der Waals surface area contributed by atoms with Gasteiger partial charge in [0, 0.05) is 19.1 Å². The van der Waals surface area contributed by atoms with Crippen molar-refractivity contribution in [3.63, 3.8) is 0 Å². The first-order valence-corrected chi connectivity index (χ1v) is 3.71. The van der Waals surface area contributed by atoms with Crippen LogP contribution in [0.25, 0.3) is 0 Å². The van der Waals surface area contributed by atoms with Crippen molar-refractivity contribution in [3.05, 3.63) is 0 Å². The van der Waals surface area contributed by atoms with Crippen LogP contribution in [0.4, 0.5) is 0 Å². The van der Waals surface area contributed by atoms with Crippen LogP contribution >= 0.6 is 0 Å². The molecule has 0 fully saturated rings. The molecule has 1 unspecified atom stereocenters. The number of ether oxygens (including phenoxy) is 1. The van der Waals surface area contributed by atoms with Crippen LogP contribution in [0.15, 0.2) is 0 Å². The second kappa shape index (κ2) is 6.12. The summed E-state index contributed by atoms with van der Waals surface area (Å²) in [5, 5.41) is 3.07. The van der Waals surface area contributed by atoms with E-state index in [1.165, 1.54) is 7.11 Å². The first-order chi connectivity index (χ1) is 5.20. The molecular formula is C7H16N2O2. The Bertz CT molecular complexity index is 117. The van der Waals surface area contributed by atoms with Crippen molar-refractivity contribution in [2.75, 3.05) is 20.2 Å². The Morgan fingerprint density at radius 1 is 1.73 bits per heavy atom. The molecular weight excluding hydrogens is 144 g/mol. The van der Waals surface area contributed by atoms with Crippen molar-refractivity contribution in [3.8, 4) is 0 Å². The van der Waals surface area contributed by atoms with E-state index >= 15 is 0 Å². The Hall–Kier alpha value is -0.610. The maximum absolute atomic E-state index is 10.6. The molecule has 0 aromatic heterocycles. The monoisotopic (exact) mass is 160 g/mol. The second-order valence-electron chi connectivity index (χ2n) is 2.42. The van der Waals surface area contributed by atoms with Gasteiger partial charge in [-0.25, -0.2) is 0 Å². The third-order valence-electron chi connectivity index (χ3n) is 1.40. The minimum absolute atomic E-state index is 0.193. The molecule has 0 aliphatic heterocycles. The summed E-state index contributed by atoms with van der Waals surface area (Å²) in [6.07, 6.45) is 0.404. The summed E-state index contributed by atoms with van der Waals surface area (Å²) >= 11 is 0. The van der Waals surface area contributed by atoms with Gasteiger partial charge in [-0.1, -0.05) is 0 Å². The molecule has 0 amide bonds. The average molecular weight is 160 g/mol. The molecule has 0 saturated carbocycles. The van der Waals surface area contributed by atoms with Crippen molar-refractivity contribution in [2.24, 2.45) is 5.73 Å². The van der Waals surface area contributed by atoms with Crippen molar-refractivity contribution in [1.82, 2.24) is 5.32 Å². The number of hydrogen-bond donors (Lipinski definition) is 2. The van der Waals surface area contributed by atoms with Gasteiger partial charge < -0.3 is 15.8 Å². The van der Waals surface area contributed by atoms with Gasteiger partial charge in [0.05, 0.1) is 13.5 Å². The number of rotatable bonds is 5. The molecule has 0 heterocycles. The van der Waals surface area contributed by atoms with E-state index in [0.717, 1.165) is 0 Å². The number of nitrogens with two attached hydrogens (primary N) is 1. The minimum atomic E-state index is -0.193. The van der Waals surface area contributed by atoms with Gasteiger partial charge in [-0.2, -0.15) is 0 Å². The molecule has 0 aliphatic carbocycles. The molecule has 0 bridgehead atoms. The van der Waals surface area contributed by atoms with Crippen LogP contribution in [0.2, 0.25) is 0 Å². The topological polar surface area (TPSA) is 64.3 Å². The number of nitrogens with one attached hydrogen (secondary N) is 1. The zero-order valence-corrected chi connectivity index (χ0v) is 7.09. The van der Waals surface area contributed by atoms with E-state index in [-0.39, 0.29) is 12.0 Å². The van der Waals surface area contributed by atoms with Gasteiger partial charge in [0.1, 0.15) is 0 Å². The molecule has 0 saturated heterocycles. The van der Waals surface area contributed by atoms with E-state index in [4.69, 9.17) is 5.73 Å². The van der Waals surface area contributed by atoms with Crippen LogP contribution in [0.1, 0.15) is 13.3 Å². The quantitative estimate of drug-likeness (QED) is 0.531. The predicted molar refractivity (Wildman–Crippen MR) is 43.2 cm³/mol. The first kappa shape index (κ1) is 10.4. The van der Waals surface area contributed by atoms with Gasteiger partial charge in [-0.3, -0.25) is 4.79 Å². The Kier molecular flexibility index (Phi) is 5.78. The predicted octanol–water partition coefficient (Wildman–Crippen LogP) is -0.514. The number of esters is 1. The molecule has 3 N–H and O–H groups in total. The van der Waals surface area contributed by atoms with Gasteiger partial charge >= 0.3 is 5.97 Å². The molecule has 4 nitrogen and oxygen atoms in total. The molecule has 0 radical (unpaired) electrons. The lowest BCUT2D eigenvalue weighted by Crippen LogP contribution is -2.34. The highest BCUT2D eigenvalue weighted by atomic mass is 16.5. The van der Waals surface area contributed by atoms with Crippen LogP contribution < -0.4 is 11.1 Å². The van der Waals surface area contributed by atoms with E-state index in [1.807, 2.05) is 6.92 Å². The maximum Gasteiger partial charge on any atom is 0.306 e. The summed E-state index contributed by atoms with van der Waals surface area (Å²) < 4.78 is 4.46. The molecule has 0 aromatic rings. The zero-order valence-electron chi connectivity index (χ0n) is 7.09. The molecule has 4 heteroatoms. The molecule has 0 aliphatic rings. The molecule has 0 aromatic carbocycles. The van der Waals surface area contributed by atoms with Crippen molar-refractivity contribution < 1.29 is 9.53 Å². The summed E-state index contributed by atoms with van der Waals surface area (Å²) in [6, 6.07) is 0.264. The Morgan fingerprint density at radius 2 is 2.36 bits per heavy atom. The Labute approximate surface area is 67.1 Å². The second-order valence-corrected chi connectivity index (χ2v) is 2.42. The highest BCUT2D eigenvalue weighted by molar-refractivity contribution is 5.69. The van der Waals surface area contributed by atoms with E-state index < -0.39 is 0 Å².